The van der Waals surface area contributed by atoms with E-state index in [1.165, 1.54) is 34.2 Å². The Bertz CT molecular complexity index is 1440. The van der Waals surface area contributed by atoms with Crippen molar-refractivity contribution in [2.45, 2.75) is 12.1 Å². The zero-order valence-corrected chi connectivity index (χ0v) is 18.7. The molecule has 2 aromatic heterocycles. The molecule has 2 heterocycles. The normalized spacial score (nSPS) is 13.4. The van der Waals surface area contributed by atoms with Crippen molar-refractivity contribution in [3.05, 3.63) is 96.7 Å². The molecular weight excluding hydrogens is 466 g/mol. The highest BCUT2D eigenvalue weighted by molar-refractivity contribution is 7.92. The van der Waals surface area contributed by atoms with Gasteiger partial charge in [0, 0.05) is 23.9 Å². The van der Waals surface area contributed by atoms with E-state index >= 15 is 0 Å². The van der Waals surface area contributed by atoms with Gasteiger partial charge in [-0.15, -0.1) is 5.10 Å². The van der Waals surface area contributed by atoms with Gasteiger partial charge in [0.1, 0.15) is 29.9 Å². The van der Waals surface area contributed by atoms with E-state index in [0.29, 0.717) is 17.3 Å². The van der Waals surface area contributed by atoms with Crippen LogP contribution in [0.4, 0.5) is 14.6 Å². The lowest BCUT2D eigenvalue weighted by molar-refractivity contribution is 0.0726. The molecule has 0 spiro atoms. The Kier molecular flexibility index (Phi) is 6.02. The van der Waals surface area contributed by atoms with Crippen LogP contribution in [0, 0.1) is 11.6 Å². The summed E-state index contributed by atoms with van der Waals surface area (Å²) in [5.74, 6) is -1.55. The third-order valence-corrected chi connectivity index (χ3v) is 5.67. The second-order valence-electron chi connectivity index (χ2n) is 7.62. The maximum absolute atomic E-state index is 14.7. The molecule has 0 aliphatic rings. The number of aromatic nitrogens is 5. The topological polar surface area (TPSA) is 115 Å². The van der Waals surface area contributed by atoms with E-state index in [1.54, 1.807) is 30.5 Å². The fourth-order valence-electron chi connectivity index (χ4n) is 3.48. The molecule has 1 unspecified atom stereocenters. The van der Waals surface area contributed by atoms with Crippen molar-refractivity contribution in [2.24, 2.45) is 0 Å². The third kappa shape index (κ3) is 4.87. The third-order valence-electron chi connectivity index (χ3n) is 5.09. The maximum Gasteiger partial charge on any atom is 0.231 e. The van der Waals surface area contributed by atoms with E-state index in [2.05, 4.69) is 26.5 Å². The monoisotopic (exact) mass is 486 g/mol. The number of anilines is 1. The van der Waals surface area contributed by atoms with E-state index in [4.69, 9.17) is 0 Å². The minimum absolute atomic E-state index is 0.153. The molecular formula is C22H20F2N6O3S. The van der Waals surface area contributed by atoms with Crippen molar-refractivity contribution < 1.29 is 22.3 Å². The van der Waals surface area contributed by atoms with Crippen molar-refractivity contribution in [3.8, 4) is 5.69 Å². The zero-order valence-electron chi connectivity index (χ0n) is 17.9. The molecule has 2 aromatic carbocycles. The summed E-state index contributed by atoms with van der Waals surface area (Å²) in [5, 5.41) is 19.7. The number of halogens is 2. The molecule has 0 fully saturated rings. The van der Waals surface area contributed by atoms with Gasteiger partial charge in [0.05, 0.1) is 18.5 Å². The minimum atomic E-state index is -3.47. The summed E-state index contributed by atoms with van der Waals surface area (Å²) in [6, 6.07) is 11.1. The van der Waals surface area contributed by atoms with E-state index in [0.717, 1.165) is 12.3 Å². The van der Waals surface area contributed by atoms with Gasteiger partial charge in [0.15, 0.2) is 5.82 Å². The van der Waals surface area contributed by atoms with Crippen LogP contribution in [0.15, 0.2) is 74.0 Å². The summed E-state index contributed by atoms with van der Waals surface area (Å²) in [6.45, 7) is 3.78. The van der Waals surface area contributed by atoms with Crippen LogP contribution in [0.3, 0.4) is 0 Å². The maximum atomic E-state index is 14.7. The minimum Gasteiger partial charge on any atom is -0.378 e. The number of nitrogens with one attached hydrogen (secondary N) is 1. The molecule has 0 aliphatic heterocycles. The van der Waals surface area contributed by atoms with Gasteiger partial charge >= 0.3 is 0 Å². The second-order valence-corrected chi connectivity index (χ2v) is 9.37. The van der Waals surface area contributed by atoms with E-state index in [-0.39, 0.29) is 23.5 Å². The Balaban J connectivity index is 1.67. The molecule has 0 radical (unpaired) electrons. The number of aliphatic hydroxyl groups is 1. The molecule has 34 heavy (non-hydrogen) atoms. The Morgan fingerprint density at radius 1 is 1.18 bits per heavy atom. The average Bonchev–Trinajstić information content (AvgIpc) is 3.44. The highest BCUT2D eigenvalue weighted by Crippen LogP contribution is 2.38. The average molecular weight is 487 g/mol. The summed E-state index contributed by atoms with van der Waals surface area (Å²) in [4.78, 5) is 3.84. The van der Waals surface area contributed by atoms with Crippen molar-refractivity contribution in [1.82, 2.24) is 24.5 Å². The van der Waals surface area contributed by atoms with Gasteiger partial charge in [-0.3, -0.25) is 4.72 Å². The first-order valence-corrected chi connectivity index (χ1v) is 11.8. The number of benzene rings is 2. The molecule has 4 rings (SSSR count). The van der Waals surface area contributed by atoms with Gasteiger partial charge in [0.2, 0.25) is 10.0 Å². The van der Waals surface area contributed by atoms with Gasteiger partial charge in [-0.2, -0.15) is 5.10 Å². The Morgan fingerprint density at radius 2 is 1.91 bits per heavy atom. The standard InChI is InChI=1S/C22H20F2N6O3S/c1-15(16-3-6-18(7-4-16)30-10-9-21(27-30)28-34(2,32)33)22(31,12-29-14-25-13-26-29)19-8-5-17(23)11-20(19)24/h3-11,13-14,31H,1,12H2,2H3,(H,27,28). The molecule has 176 valence electrons. The van der Waals surface area contributed by atoms with E-state index in [9.17, 15) is 22.3 Å². The van der Waals surface area contributed by atoms with Crippen LogP contribution in [0.2, 0.25) is 0 Å². The fraction of sp³-hybridized carbons (Fsp3) is 0.136. The molecule has 0 bridgehead atoms. The van der Waals surface area contributed by atoms with Crippen LogP contribution in [0.25, 0.3) is 11.3 Å². The SMILES string of the molecule is C=C(c1ccc(-n2ccc(NS(C)(=O)=O)n2)cc1)C(O)(Cn1cncn1)c1ccc(F)cc1F. The van der Waals surface area contributed by atoms with Crippen LogP contribution < -0.4 is 4.72 Å². The van der Waals surface area contributed by atoms with Gasteiger partial charge in [-0.05, 0) is 35.4 Å². The smallest absolute Gasteiger partial charge is 0.231 e. The number of hydrogen-bond donors (Lipinski definition) is 2. The molecule has 0 saturated heterocycles. The summed E-state index contributed by atoms with van der Waals surface area (Å²) in [7, 11) is -3.47. The van der Waals surface area contributed by atoms with Crippen molar-refractivity contribution >= 4 is 21.4 Å². The zero-order chi connectivity index (χ0) is 24.5. The Morgan fingerprint density at radius 3 is 2.53 bits per heavy atom. The molecule has 4 aromatic rings. The molecule has 0 aliphatic carbocycles. The number of nitrogens with zero attached hydrogens (tertiary/aromatic N) is 5. The quantitative estimate of drug-likeness (QED) is 0.396. The lowest BCUT2D eigenvalue weighted by atomic mass is 9.82. The van der Waals surface area contributed by atoms with Crippen LogP contribution >= 0.6 is 0 Å². The van der Waals surface area contributed by atoms with Crippen LogP contribution in [-0.2, 0) is 22.2 Å². The summed E-state index contributed by atoms with van der Waals surface area (Å²) in [6.07, 6.45) is 5.24. The van der Waals surface area contributed by atoms with Gasteiger partial charge in [-0.25, -0.2) is 31.5 Å². The number of rotatable bonds is 8. The summed E-state index contributed by atoms with van der Waals surface area (Å²) < 4.78 is 56.1. The molecule has 0 amide bonds. The lowest BCUT2D eigenvalue weighted by Gasteiger charge is -2.31. The van der Waals surface area contributed by atoms with Gasteiger partial charge in [-0.1, -0.05) is 18.7 Å². The molecule has 0 saturated carbocycles. The van der Waals surface area contributed by atoms with E-state index < -0.39 is 27.3 Å². The summed E-state index contributed by atoms with van der Waals surface area (Å²) >= 11 is 0. The molecule has 9 nitrogen and oxygen atoms in total. The molecule has 2 N–H and O–H groups in total. The predicted molar refractivity (Wildman–Crippen MR) is 121 cm³/mol. The fourth-order valence-corrected chi connectivity index (χ4v) is 3.97. The largest absolute Gasteiger partial charge is 0.378 e. The van der Waals surface area contributed by atoms with Crippen LogP contribution in [0.5, 0.6) is 0 Å². The first-order chi connectivity index (χ1) is 16.0. The summed E-state index contributed by atoms with van der Waals surface area (Å²) in [5.41, 5.74) is -0.893. The van der Waals surface area contributed by atoms with Crippen LogP contribution in [-0.4, -0.2) is 44.3 Å². The number of hydrogen-bond acceptors (Lipinski definition) is 6. The van der Waals surface area contributed by atoms with Crippen LogP contribution in [0.1, 0.15) is 11.1 Å². The highest BCUT2D eigenvalue weighted by atomic mass is 32.2. The first kappa shape index (κ1) is 23.3. The van der Waals surface area contributed by atoms with Crippen molar-refractivity contribution in [1.29, 1.82) is 0 Å². The predicted octanol–water partition coefficient (Wildman–Crippen LogP) is 2.71. The molecule has 12 heteroatoms. The first-order valence-electron chi connectivity index (χ1n) is 9.89. The van der Waals surface area contributed by atoms with Crippen molar-refractivity contribution in [3.63, 3.8) is 0 Å². The second kappa shape index (κ2) is 8.80. The lowest BCUT2D eigenvalue weighted by Crippen LogP contribution is -2.34. The Hall–Kier alpha value is -3.90. The van der Waals surface area contributed by atoms with Crippen molar-refractivity contribution in [2.75, 3.05) is 11.0 Å². The van der Waals surface area contributed by atoms with Gasteiger partial charge < -0.3 is 5.11 Å². The van der Waals surface area contributed by atoms with E-state index in [1.807, 2.05) is 0 Å². The highest BCUT2D eigenvalue weighted by Gasteiger charge is 2.37. The molecule has 1 atom stereocenters. The number of sulfonamides is 1. The van der Waals surface area contributed by atoms with Gasteiger partial charge in [0.25, 0.3) is 0 Å². The Labute approximate surface area is 194 Å².